The number of carbonyl (C=O) groups excluding carboxylic acids is 1. The Balaban J connectivity index is 1.61. The Labute approximate surface area is 184 Å². The summed E-state index contributed by atoms with van der Waals surface area (Å²) in [6, 6.07) is 30.8. The minimum absolute atomic E-state index is 0.0602. The molecule has 3 heteroatoms. The smallest absolute Gasteiger partial charge is 0.254 e. The van der Waals surface area contributed by atoms with Crippen LogP contribution in [0.5, 0.6) is 0 Å². The van der Waals surface area contributed by atoms with Crippen molar-refractivity contribution in [1.29, 1.82) is 0 Å². The topological polar surface area (TPSA) is 25.2 Å². The molecule has 0 radical (unpaired) electrons. The number of benzene rings is 3. The van der Waals surface area contributed by atoms with E-state index >= 15 is 0 Å². The zero-order chi connectivity index (χ0) is 21.6. The average molecular weight is 409 g/mol. The second-order valence-corrected chi connectivity index (χ2v) is 8.07. The van der Waals surface area contributed by atoms with E-state index in [9.17, 15) is 4.79 Å². The van der Waals surface area contributed by atoms with Crippen LogP contribution in [0.1, 0.15) is 38.3 Å². The number of aromatic nitrogens is 1. The Morgan fingerprint density at radius 2 is 1.45 bits per heavy atom. The fourth-order valence-electron chi connectivity index (χ4n) is 3.82. The van der Waals surface area contributed by atoms with Crippen LogP contribution in [0.25, 0.3) is 0 Å². The molecule has 0 unspecified atom stereocenters. The number of carbonyl (C=O) groups is 1. The van der Waals surface area contributed by atoms with Crippen molar-refractivity contribution in [1.82, 2.24) is 9.47 Å². The van der Waals surface area contributed by atoms with Crippen LogP contribution >= 0.6 is 0 Å². The molecule has 0 fully saturated rings. The molecule has 4 aromatic rings. The lowest BCUT2D eigenvalue weighted by molar-refractivity contribution is 0.0725. The zero-order valence-corrected chi connectivity index (χ0v) is 18.2. The summed E-state index contributed by atoms with van der Waals surface area (Å²) in [5.41, 5.74) is 6.52. The van der Waals surface area contributed by atoms with Crippen LogP contribution in [-0.4, -0.2) is 15.4 Å². The molecule has 0 aliphatic heterocycles. The highest BCUT2D eigenvalue weighted by Gasteiger charge is 2.19. The van der Waals surface area contributed by atoms with Gasteiger partial charge in [0, 0.05) is 30.5 Å². The Bertz CT molecular complexity index is 1140. The van der Waals surface area contributed by atoms with Crippen molar-refractivity contribution >= 4 is 5.91 Å². The summed E-state index contributed by atoms with van der Waals surface area (Å²) < 4.78 is 2.23. The van der Waals surface area contributed by atoms with Gasteiger partial charge in [0.05, 0.1) is 6.54 Å². The van der Waals surface area contributed by atoms with Crippen molar-refractivity contribution in [3.63, 3.8) is 0 Å². The quantitative estimate of drug-likeness (QED) is 0.368. The molecule has 156 valence electrons. The first-order valence-electron chi connectivity index (χ1n) is 10.7. The van der Waals surface area contributed by atoms with Crippen LogP contribution in [0.3, 0.4) is 0 Å². The Hall–Kier alpha value is -3.59. The van der Waals surface area contributed by atoms with E-state index in [0.29, 0.717) is 13.1 Å². The van der Waals surface area contributed by atoms with E-state index in [0.717, 1.165) is 28.9 Å². The zero-order valence-electron chi connectivity index (χ0n) is 18.2. The number of rotatable bonds is 7. The van der Waals surface area contributed by atoms with E-state index in [2.05, 4.69) is 66.2 Å². The number of nitrogens with zero attached hydrogens (tertiary/aromatic N) is 2. The Morgan fingerprint density at radius 1 is 0.742 bits per heavy atom. The highest BCUT2D eigenvalue weighted by molar-refractivity contribution is 5.95. The van der Waals surface area contributed by atoms with Crippen molar-refractivity contribution in [3.05, 3.63) is 131 Å². The van der Waals surface area contributed by atoms with Gasteiger partial charge in [0.1, 0.15) is 0 Å². The average Bonchev–Trinajstić information content (AvgIpc) is 3.22. The monoisotopic (exact) mass is 408 g/mol. The summed E-state index contributed by atoms with van der Waals surface area (Å²) in [5.74, 6) is 0.0602. The molecule has 0 saturated heterocycles. The molecule has 3 aromatic carbocycles. The summed E-state index contributed by atoms with van der Waals surface area (Å²) in [6.07, 6.45) is 2.09. The molecule has 0 aliphatic rings. The van der Waals surface area contributed by atoms with Gasteiger partial charge in [-0.1, -0.05) is 78.4 Å². The standard InChI is InChI=1S/C28H28N2O/c1-22-14-16-25(17-15-22)19-29-18-8-12-26(29)21-30(20-24-10-4-3-5-11-24)28(31)27-13-7-6-9-23(27)2/h3-18H,19-21H2,1-2H3. The number of hydrogen-bond acceptors (Lipinski definition) is 1. The minimum Gasteiger partial charge on any atom is -0.345 e. The summed E-state index contributed by atoms with van der Waals surface area (Å²) >= 11 is 0. The maximum Gasteiger partial charge on any atom is 0.254 e. The third-order valence-electron chi connectivity index (χ3n) is 5.63. The molecule has 1 aromatic heterocycles. The summed E-state index contributed by atoms with van der Waals surface area (Å²) in [4.78, 5) is 15.5. The second-order valence-electron chi connectivity index (χ2n) is 8.07. The van der Waals surface area contributed by atoms with Crippen molar-refractivity contribution in [2.75, 3.05) is 0 Å². The summed E-state index contributed by atoms with van der Waals surface area (Å²) in [5, 5.41) is 0. The first-order valence-corrected chi connectivity index (χ1v) is 10.7. The van der Waals surface area contributed by atoms with Crippen LogP contribution in [0.4, 0.5) is 0 Å². The van der Waals surface area contributed by atoms with E-state index < -0.39 is 0 Å². The van der Waals surface area contributed by atoms with Gasteiger partial charge in [0.2, 0.25) is 0 Å². The van der Waals surface area contributed by atoms with Gasteiger partial charge in [-0.05, 0) is 48.7 Å². The van der Waals surface area contributed by atoms with Crippen LogP contribution in [0.15, 0.2) is 97.2 Å². The second kappa shape index (κ2) is 9.48. The largest absolute Gasteiger partial charge is 0.345 e. The summed E-state index contributed by atoms with van der Waals surface area (Å²) in [7, 11) is 0. The van der Waals surface area contributed by atoms with E-state index in [1.807, 2.05) is 54.3 Å². The van der Waals surface area contributed by atoms with Gasteiger partial charge in [-0.25, -0.2) is 0 Å². The molecule has 0 saturated carbocycles. The third kappa shape index (κ3) is 5.13. The van der Waals surface area contributed by atoms with Gasteiger partial charge in [0.15, 0.2) is 0 Å². The number of hydrogen-bond donors (Lipinski definition) is 0. The van der Waals surface area contributed by atoms with Gasteiger partial charge >= 0.3 is 0 Å². The van der Waals surface area contributed by atoms with E-state index in [4.69, 9.17) is 0 Å². The maximum atomic E-state index is 13.5. The molecule has 1 amide bonds. The molecule has 0 bridgehead atoms. The van der Waals surface area contributed by atoms with Crippen LogP contribution in [0.2, 0.25) is 0 Å². The van der Waals surface area contributed by atoms with Crippen molar-refractivity contribution in [2.24, 2.45) is 0 Å². The van der Waals surface area contributed by atoms with Crippen LogP contribution in [0, 0.1) is 13.8 Å². The molecule has 0 spiro atoms. The first kappa shape index (κ1) is 20.7. The van der Waals surface area contributed by atoms with Gasteiger partial charge in [-0.3, -0.25) is 4.79 Å². The van der Waals surface area contributed by atoms with E-state index in [1.54, 1.807) is 0 Å². The molecular formula is C28H28N2O. The first-order chi connectivity index (χ1) is 15.1. The van der Waals surface area contributed by atoms with E-state index in [1.165, 1.54) is 11.1 Å². The molecule has 4 rings (SSSR count). The Kier molecular flexibility index (Phi) is 6.32. The molecular weight excluding hydrogens is 380 g/mol. The van der Waals surface area contributed by atoms with Gasteiger partial charge in [-0.2, -0.15) is 0 Å². The van der Waals surface area contributed by atoms with Gasteiger partial charge in [-0.15, -0.1) is 0 Å². The highest BCUT2D eigenvalue weighted by Crippen LogP contribution is 2.18. The SMILES string of the molecule is Cc1ccc(Cn2cccc2CN(Cc2ccccc2)C(=O)c2ccccc2C)cc1. The fourth-order valence-corrected chi connectivity index (χ4v) is 3.82. The molecule has 3 nitrogen and oxygen atoms in total. The van der Waals surface area contributed by atoms with Crippen molar-refractivity contribution in [3.8, 4) is 0 Å². The highest BCUT2D eigenvalue weighted by atomic mass is 16.2. The lowest BCUT2D eigenvalue weighted by Crippen LogP contribution is -2.31. The third-order valence-corrected chi connectivity index (χ3v) is 5.63. The molecule has 1 heterocycles. The van der Waals surface area contributed by atoms with E-state index in [-0.39, 0.29) is 5.91 Å². The number of aryl methyl sites for hydroxylation is 2. The maximum absolute atomic E-state index is 13.5. The van der Waals surface area contributed by atoms with Crippen molar-refractivity contribution < 1.29 is 4.79 Å². The molecule has 0 atom stereocenters. The Morgan fingerprint density at radius 3 is 2.19 bits per heavy atom. The number of amides is 1. The fraction of sp³-hybridized carbons (Fsp3) is 0.179. The van der Waals surface area contributed by atoms with Crippen LogP contribution in [-0.2, 0) is 19.6 Å². The normalized spacial score (nSPS) is 10.8. The minimum atomic E-state index is 0.0602. The molecule has 31 heavy (non-hydrogen) atoms. The lowest BCUT2D eigenvalue weighted by atomic mass is 10.1. The van der Waals surface area contributed by atoms with Gasteiger partial charge in [0.25, 0.3) is 5.91 Å². The van der Waals surface area contributed by atoms with Gasteiger partial charge < -0.3 is 9.47 Å². The predicted octanol–water partition coefficient (Wildman–Crippen LogP) is 6.00. The predicted molar refractivity (Wildman–Crippen MR) is 126 cm³/mol. The summed E-state index contributed by atoms with van der Waals surface area (Å²) in [6.45, 7) is 6.02. The van der Waals surface area contributed by atoms with Crippen LogP contribution < -0.4 is 0 Å². The molecule has 0 N–H and O–H groups in total. The van der Waals surface area contributed by atoms with Crippen molar-refractivity contribution in [2.45, 2.75) is 33.5 Å². The molecule has 0 aliphatic carbocycles. The lowest BCUT2D eigenvalue weighted by Gasteiger charge is -2.25.